The molecular formula is C12H24N2O. The summed E-state index contributed by atoms with van der Waals surface area (Å²) in [5, 5.41) is 3.02. The van der Waals surface area contributed by atoms with Crippen molar-refractivity contribution in [2.75, 3.05) is 19.6 Å². The highest BCUT2D eigenvalue weighted by molar-refractivity contribution is 5.74. The van der Waals surface area contributed by atoms with Gasteiger partial charge in [-0.25, -0.2) is 4.79 Å². The highest BCUT2D eigenvalue weighted by Crippen LogP contribution is 2.09. The third-order valence-corrected chi connectivity index (χ3v) is 3.19. The molecule has 1 heterocycles. The maximum Gasteiger partial charge on any atom is 0.317 e. The van der Waals surface area contributed by atoms with E-state index in [2.05, 4.69) is 19.2 Å². The van der Waals surface area contributed by atoms with Gasteiger partial charge in [-0.15, -0.1) is 0 Å². The molecule has 1 N–H and O–H groups in total. The first-order valence-corrected chi connectivity index (χ1v) is 6.26. The van der Waals surface area contributed by atoms with E-state index in [-0.39, 0.29) is 6.03 Å². The zero-order chi connectivity index (χ0) is 11.1. The molecule has 88 valence electrons. The van der Waals surface area contributed by atoms with Gasteiger partial charge in [0.1, 0.15) is 0 Å². The predicted molar refractivity (Wildman–Crippen MR) is 62.9 cm³/mol. The van der Waals surface area contributed by atoms with E-state index < -0.39 is 0 Å². The summed E-state index contributed by atoms with van der Waals surface area (Å²) < 4.78 is 0. The van der Waals surface area contributed by atoms with Crippen LogP contribution < -0.4 is 5.32 Å². The first-order valence-electron chi connectivity index (χ1n) is 6.26. The first kappa shape index (κ1) is 12.3. The maximum atomic E-state index is 11.8. The van der Waals surface area contributed by atoms with Crippen LogP contribution in [0.3, 0.4) is 0 Å². The largest absolute Gasteiger partial charge is 0.338 e. The summed E-state index contributed by atoms with van der Waals surface area (Å²) in [4.78, 5) is 13.8. The number of carbonyl (C=O) groups is 1. The Morgan fingerprint density at radius 1 is 1.27 bits per heavy atom. The van der Waals surface area contributed by atoms with Gasteiger partial charge in [-0.05, 0) is 18.8 Å². The zero-order valence-corrected chi connectivity index (χ0v) is 10.1. The van der Waals surface area contributed by atoms with Crippen molar-refractivity contribution in [2.24, 2.45) is 5.92 Å². The molecule has 0 bridgehead atoms. The van der Waals surface area contributed by atoms with Gasteiger partial charge in [0.05, 0.1) is 0 Å². The van der Waals surface area contributed by atoms with Gasteiger partial charge in [0.15, 0.2) is 0 Å². The summed E-state index contributed by atoms with van der Waals surface area (Å²) >= 11 is 0. The molecule has 0 aliphatic carbocycles. The lowest BCUT2D eigenvalue weighted by atomic mass is 10.1. The molecule has 1 unspecified atom stereocenters. The normalized spacial score (nSPS) is 19.5. The predicted octanol–water partition coefficient (Wildman–Crippen LogP) is 2.62. The minimum atomic E-state index is 0.136. The molecule has 1 aliphatic rings. The number of likely N-dealkylation sites (tertiary alicyclic amines) is 1. The second-order valence-corrected chi connectivity index (χ2v) is 4.60. The number of amides is 2. The van der Waals surface area contributed by atoms with Gasteiger partial charge in [0.25, 0.3) is 0 Å². The smallest absolute Gasteiger partial charge is 0.317 e. The molecule has 3 heteroatoms. The van der Waals surface area contributed by atoms with Gasteiger partial charge in [0, 0.05) is 19.6 Å². The Hall–Kier alpha value is -0.730. The van der Waals surface area contributed by atoms with Crippen LogP contribution in [0.15, 0.2) is 0 Å². The molecular weight excluding hydrogens is 188 g/mol. The molecule has 1 aliphatic heterocycles. The fourth-order valence-electron chi connectivity index (χ4n) is 1.79. The number of urea groups is 1. The third kappa shape index (κ3) is 4.54. The van der Waals surface area contributed by atoms with E-state index in [1.54, 1.807) is 0 Å². The molecule has 0 saturated carbocycles. The summed E-state index contributed by atoms with van der Waals surface area (Å²) in [7, 11) is 0. The molecule has 0 aromatic heterocycles. The molecule has 1 atom stereocenters. The Kier molecular flexibility index (Phi) is 5.51. The van der Waals surface area contributed by atoms with Gasteiger partial charge in [-0.1, -0.05) is 33.1 Å². The lowest BCUT2D eigenvalue weighted by Crippen LogP contribution is -2.41. The number of hydrogen-bond donors (Lipinski definition) is 1. The van der Waals surface area contributed by atoms with Crippen LogP contribution in [0.5, 0.6) is 0 Å². The minimum Gasteiger partial charge on any atom is -0.338 e. The molecule has 1 fully saturated rings. The van der Waals surface area contributed by atoms with Crippen molar-refractivity contribution in [3.8, 4) is 0 Å². The number of nitrogens with zero attached hydrogens (tertiary/aromatic N) is 1. The van der Waals surface area contributed by atoms with E-state index in [0.717, 1.165) is 38.9 Å². The van der Waals surface area contributed by atoms with Crippen molar-refractivity contribution < 1.29 is 4.79 Å². The lowest BCUT2D eigenvalue weighted by Gasteiger charge is -2.21. The van der Waals surface area contributed by atoms with Crippen molar-refractivity contribution in [1.29, 1.82) is 0 Å². The second-order valence-electron chi connectivity index (χ2n) is 4.60. The molecule has 1 saturated heterocycles. The summed E-state index contributed by atoms with van der Waals surface area (Å²) in [5.41, 5.74) is 0. The molecule has 15 heavy (non-hydrogen) atoms. The van der Waals surface area contributed by atoms with Crippen LogP contribution in [-0.2, 0) is 0 Å². The third-order valence-electron chi connectivity index (χ3n) is 3.19. The number of nitrogens with one attached hydrogen (secondary N) is 1. The monoisotopic (exact) mass is 212 g/mol. The van der Waals surface area contributed by atoms with Crippen LogP contribution in [0.1, 0.15) is 46.0 Å². The van der Waals surface area contributed by atoms with Crippen molar-refractivity contribution >= 4 is 6.03 Å². The SMILES string of the molecule is CCC(C)CNC(=O)N1CCCCCC1. The van der Waals surface area contributed by atoms with E-state index in [4.69, 9.17) is 0 Å². The molecule has 0 spiro atoms. The summed E-state index contributed by atoms with van der Waals surface area (Å²) in [6.07, 6.45) is 6.00. The molecule has 1 rings (SSSR count). The van der Waals surface area contributed by atoms with Crippen LogP contribution in [0, 0.1) is 5.92 Å². The number of rotatable bonds is 3. The highest BCUT2D eigenvalue weighted by atomic mass is 16.2. The van der Waals surface area contributed by atoms with Crippen LogP contribution in [-0.4, -0.2) is 30.6 Å². The Morgan fingerprint density at radius 3 is 2.40 bits per heavy atom. The minimum absolute atomic E-state index is 0.136. The van der Waals surface area contributed by atoms with E-state index in [0.29, 0.717) is 5.92 Å². The van der Waals surface area contributed by atoms with Gasteiger partial charge in [-0.3, -0.25) is 0 Å². The Balaban J connectivity index is 2.25. The Morgan fingerprint density at radius 2 is 1.87 bits per heavy atom. The lowest BCUT2D eigenvalue weighted by molar-refractivity contribution is 0.198. The van der Waals surface area contributed by atoms with E-state index in [1.165, 1.54) is 12.8 Å². The van der Waals surface area contributed by atoms with Gasteiger partial charge in [0.2, 0.25) is 0 Å². The maximum absolute atomic E-state index is 11.8. The second kappa shape index (κ2) is 6.70. The standard InChI is InChI=1S/C12H24N2O/c1-3-11(2)10-13-12(15)14-8-6-4-5-7-9-14/h11H,3-10H2,1-2H3,(H,13,15). The first-order chi connectivity index (χ1) is 7.24. The van der Waals surface area contributed by atoms with Crippen molar-refractivity contribution in [2.45, 2.75) is 46.0 Å². The van der Waals surface area contributed by atoms with Crippen LogP contribution in [0.4, 0.5) is 4.79 Å². The fraction of sp³-hybridized carbons (Fsp3) is 0.917. The molecule has 0 radical (unpaired) electrons. The fourth-order valence-corrected chi connectivity index (χ4v) is 1.79. The zero-order valence-electron chi connectivity index (χ0n) is 10.1. The average molecular weight is 212 g/mol. The van der Waals surface area contributed by atoms with Crippen molar-refractivity contribution in [3.05, 3.63) is 0 Å². The van der Waals surface area contributed by atoms with Crippen LogP contribution in [0.25, 0.3) is 0 Å². The molecule has 3 nitrogen and oxygen atoms in total. The number of hydrogen-bond acceptors (Lipinski definition) is 1. The average Bonchev–Trinajstić information content (AvgIpc) is 2.53. The number of carbonyl (C=O) groups excluding carboxylic acids is 1. The van der Waals surface area contributed by atoms with Crippen molar-refractivity contribution in [1.82, 2.24) is 10.2 Å². The van der Waals surface area contributed by atoms with Crippen molar-refractivity contribution in [3.63, 3.8) is 0 Å². The van der Waals surface area contributed by atoms with Gasteiger partial charge in [-0.2, -0.15) is 0 Å². The topological polar surface area (TPSA) is 32.3 Å². The van der Waals surface area contributed by atoms with Gasteiger partial charge < -0.3 is 10.2 Å². The Labute approximate surface area is 93.2 Å². The van der Waals surface area contributed by atoms with Crippen LogP contribution in [0.2, 0.25) is 0 Å². The summed E-state index contributed by atoms with van der Waals surface area (Å²) in [6, 6.07) is 0.136. The quantitative estimate of drug-likeness (QED) is 0.766. The molecule has 0 aromatic rings. The molecule has 0 aromatic carbocycles. The molecule has 2 amide bonds. The van der Waals surface area contributed by atoms with E-state index >= 15 is 0 Å². The van der Waals surface area contributed by atoms with Gasteiger partial charge >= 0.3 is 6.03 Å². The summed E-state index contributed by atoms with van der Waals surface area (Å²) in [6.45, 7) is 7.01. The van der Waals surface area contributed by atoms with E-state index in [9.17, 15) is 4.79 Å². The van der Waals surface area contributed by atoms with Crippen LogP contribution >= 0.6 is 0 Å². The summed E-state index contributed by atoms with van der Waals surface area (Å²) in [5.74, 6) is 0.584. The highest BCUT2D eigenvalue weighted by Gasteiger charge is 2.15. The van der Waals surface area contributed by atoms with E-state index in [1.807, 2.05) is 4.90 Å². The Bertz CT molecular complexity index is 186.